The molecule has 23 heavy (non-hydrogen) atoms. The second-order valence-corrected chi connectivity index (χ2v) is 5.25. The molecule has 2 aliphatic heterocycles. The van der Waals surface area contributed by atoms with Crippen molar-refractivity contribution in [2.75, 3.05) is 10.6 Å². The van der Waals surface area contributed by atoms with Gasteiger partial charge in [-0.15, -0.1) is 0 Å². The van der Waals surface area contributed by atoms with Gasteiger partial charge in [0.05, 0.1) is 0 Å². The Morgan fingerprint density at radius 2 is 1.70 bits per heavy atom. The molecule has 7 heteroatoms. The molecule has 0 bridgehead atoms. The van der Waals surface area contributed by atoms with E-state index >= 15 is 0 Å². The van der Waals surface area contributed by atoms with Crippen molar-refractivity contribution in [3.05, 3.63) is 60.2 Å². The molecule has 0 fully saturated rings. The molecule has 2 heterocycles. The molecule has 0 radical (unpaired) electrons. The SMILES string of the molecule is NC1=N[C@@]2(N=C(Nc3ccccc3)N1)C(=O)Nc1ccccc12. The number of carbonyl (C=O) groups excluding carboxylic acids is 1. The molecule has 0 saturated heterocycles. The number of carbonyl (C=O) groups is 1. The molecule has 5 N–H and O–H groups in total. The average Bonchev–Trinajstić information content (AvgIpc) is 2.80. The van der Waals surface area contributed by atoms with E-state index in [1.165, 1.54) is 0 Å². The predicted octanol–water partition coefficient (Wildman–Crippen LogP) is 1.18. The quantitative estimate of drug-likeness (QED) is 0.635. The van der Waals surface area contributed by atoms with Crippen LogP contribution in [0.15, 0.2) is 64.6 Å². The number of rotatable bonds is 1. The van der Waals surface area contributed by atoms with E-state index < -0.39 is 5.66 Å². The number of hydrogen-bond acceptors (Lipinski definition) is 6. The highest BCUT2D eigenvalue weighted by molar-refractivity contribution is 6.13. The second-order valence-electron chi connectivity index (χ2n) is 5.25. The number of fused-ring (bicyclic) bond motifs is 2. The first-order valence-corrected chi connectivity index (χ1v) is 7.13. The molecular weight excluding hydrogens is 292 g/mol. The summed E-state index contributed by atoms with van der Waals surface area (Å²) in [6, 6.07) is 16.8. The molecule has 4 rings (SSSR count). The average molecular weight is 306 g/mol. The zero-order chi connectivity index (χ0) is 15.9. The minimum absolute atomic E-state index is 0.130. The lowest BCUT2D eigenvalue weighted by molar-refractivity contribution is -0.120. The molecular formula is C16H14N6O. The van der Waals surface area contributed by atoms with Gasteiger partial charge in [0.1, 0.15) is 0 Å². The normalized spacial score (nSPS) is 21.8. The monoisotopic (exact) mass is 306 g/mol. The van der Waals surface area contributed by atoms with Crippen LogP contribution in [0.4, 0.5) is 11.4 Å². The second kappa shape index (κ2) is 4.84. The third-order valence-corrected chi connectivity index (χ3v) is 3.71. The van der Waals surface area contributed by atoms with E-state index in [1.54, 1.807) is 0 Å². The molecule has 2 aromatic rings. The molecule has 114 valence electrons. The summed E-state index contributed by atoms with van der Waals surface area (Å²) in [4.78, 5) is 21.3. The third-order valence-electron chi connectivity index (χ3n) is 3.71. The maximum Gasteiger partial charge on any atom is 0.280 e. The van der Waals surface area contributed by atoms with Gasteiger partial charge < -0.3 is 16.4 Å². The number of guanidine groups is 2. The van der Waals surface area contributed by atoms with E-state index in [2.05, 4.69) is 25.9 Å². The molecule has 2 aliphatic rings. The largest absolute Gasteiger partial charge is 0.370 e. The Balaban J connectivity index is 1.79. The third kappa shape index (κ3) is 2.10. The van der Waals surface area contributed by atoms with E-state index in [4.69, 9.17) is 5.73 Å². The number of nitrogens with zero attached hydrogens (tertiary/aromatic N) is 2. The Morgan fingerprint density at radius 1 is 0.957 bits per heavy atom. The number of amides is 1. The van der Waals surface area contributed by atoms with Crippen molar-refractivity contribution in [3.8, 4) is 0 Å². The molecule has 1 spiro atoms. The molecule has 0 aromatic heterocycles. The predicted molar refractivity (Wildman–Crippen MR) is 89.0 cm³/mol. The van der Waals surface area contributed by atoms with Gasteiger partial charge in [-0.1, -0.05) is 36.4 Å². The molecule has 0 aliphatic carbocycles. The van der Waals surface area contributed by atoms with Crippen LogP contribution in [0.25, 0.3) is 0 Å². The van der Waals surface area contributed by atoms with Crippen LogP contribution < -0.4 is 21.7 Å². The topological polar surface area (TPSA) is 104 Å². The number of anilines is 2. The van der Waals surface area contributed by atoms with E-state index in [0.717, 1.165) is 5.69 Å². The van der Waals surface area contributed by atoms with Crippen LogP contribution in [0.1, 0.15) is 5.56 Å². The van der Waals surface area contributed by atoms with Crippen molar-refractivity contribution in [1.82, 2.24) is 5.32 Å². The van der Waals surface area contributed by atoms with Crippen LogP contribution in [-0.4, -0.2) is 17.8 Å². The van der Waals surface area contributed by atoms with Crippen molar-refractivity contribution in [2.24, 2.45) is 15.7 Å². The Kier molecular flexibility index (Phi) is 2.80. The standard InChI is InChI=1S/C16H14N6O/c17-14-20-15(18-10-6-2-1-3-7-10)22-16(21-14)11-8-4-5-9-12(11)19-13(16)23/h1-9H,(H,19,23)(H4,17,18,20,21,22)/t16-/m0/s1. The van der Waals surface area contributed by atoms with E-state index in [0.29, 0.717) is 17.2 Å². The van der Waals surface area contributed by atoms with Gasteiger partial charge in [0.2, 0.25) is 5.96 Å². The Hall–Kier alpha value is -3.35. The molecule has 1 amide bonds. The van der Waals surface area contributed by atoms with Crippen LogP contribution >= 0.6 is 0 Å². The molecule has 2 aromatic carbocycles. The summed E-state index contributed by atoms with van der Waals surface area (Å²) in [5.41, 5.74) is 6.71. The Bertz CT molecular complexity index is 845. The van der Waals surface area contributed by atoms with Gasteiger partial charge in [0, 0.05) is 16.9 Å². The van der Waals surface area contributed by atoms with Crippen LogP contribution in [0.2, 0.25) is 0 Å². The Labute approximate surface area is 132 Å². The smallest absolute Gasteiger partial charge is 0.280 e. The summed E-state index contributed by atoms with van der Waals surface area (Å²) in [6.07, 6.45) is 0. The van der Waals surface area contributed by atoms with Gasteiger partial charge in [-0.3, -0.25) is 10.1 Å². The van der Waals surface area contributed by atoms with Crippen molar-refractivity contribution in [2.45, 2.75) is 5.66 Å². The van der Waals surface area contributed by atoms with Crippen molar-refractivity contribution < 1.29 is 4.79 Å². The molecule has 1 atom stereocenters. The number of para-hydroxylation sites is 2. The maximum absolute atomic E-state index is 12.5. The van der Waals surface area contributed by atoms with Gasteiger partial charge in [0.25, 0.3) is 11.6 Å². The highest BCUT2D eigenvalue weighted by Gasteiger charge is 2.49. The van der Waals surface area contributed by atoms with E-state index in [9.17, 15) is 4.79 Å². The number of benzene rings is 2. The highest BCUT2D eigenvalue weighted by Crippen LogP contribution is 2.40. The molecule has 0 saturated carbocycles. The zero-order valence-corrected chi connectivity index (χ0v) is 12.1. The lowest BCUT2D eigenvalue weighted by Gasteiger charge is -2.26. The first-order chi connectivity index (χ1) is 11.2. The zero-order valence-electron chi connectivity index (χ0n) is 12.1. The van der Waals surface area contributed by atoms with E-state index in [1.807, 2.05) is 54.6 Å². The van der Waals surface area contributed by atoms with Crippen molar-refractivity contribution in [3.63, 3.8) is 0 Å². The van der Waals surface area contributed by atoms with Crippen molar-refractivity contribution >= 4 is 29.2 Å². The fourth-order valence-corrected chi connectivity index (χ4v) is 2.71. The summed E-state index contributed by atoms with van der Waals surface area (Å²) in [6.45, 7) is 0. The van der Waals surface area contributed by atoms with Crippen LogP contribution in [0.5, 0.6) is 0 Å². The van der Waals surface area contributed by atoms with Crippen LogP contribution in [0, 0.1) is 0 Å². The van der Waals surface area contributed by atoms with E-state index in [-0.39, 0.29) is 11.9 Å². The maximum atomic E-state index is 12.5. The number of hydrogen-bond donors (Lipinski definition) is 4. The van der Waals surface area contributed by atoms with Gasteiger partial charge in [-0.2, -0.15) is 0 Å². The summed E-state index contributed by atoms with van der Waals surface area (Å²) >= 11 is 0. The van der Waals surface area contributed by atoms with Gasteiger partial charge in [-0.05, 0) is 18.2 Å². The lowest BCUT2D eigenvalue weighted by Crippen LogP contribution is -2.49. The number of nitrogens with two attached hydrogens (primary N) is 1. The van der Waals surface area contributed by atoms with Crippen LogP contribution in [-0.2, 0) is 10.5 Å². The Morgan fingerprint density at radius 3 is 2.52 bits per heavy atom. The number of nitrogens with one attached hydrogen (secondary N) is 3. The van der Waals surface area contributed by atoms with Gasteiger partial charge >= 0.3 is 0 Å². The summed E-state index contributed by atoms with van der Waals surface area (Å²) in [5.74, 6) is 0.177. The fraction of sp³-hybridized carbons (Fsp3) is 0.0625. The fourth-order valence-electron chi connectivity index (χ4n) is 2.71. The van der Waals surface area contributed by atoms with Gasteiger partial charge in [-0.25, -0.2) is 9.98 Å². The summed E-state index contributed by atoms with van der Waals surface area (Å²) in [7, 11) is 0. The summed E-state index contributed by atoms with van der Waals surface area (Å²) < 4.78 is 0. The lowest BCUT2D eigenvalue weighted by atomic mass is 10.0. The first-order valence-electron chi connectivity index (χ1n) is 7.13. The first kappa shape index (κ1) is 13.3. The highest BCUT2D eigenvalue weighted by atomic mass is 16.2. The number of aliphatic imine (C=N–C) groups is 2. The summed E-state index contributed by atoms with van der Waals surface area (Å²) in [5, 5.41) is 8.76. The van der Waals surface area contributed by atoms with Crippen LogP contribution in [0.3, 0.4) is 0 Å². The van der Waals surface area contributed by atoms with Crippen molar-refractivity contribution in [1.29, 1.82) is 0 Å². The minimum atomic E-state index is -1.39. The minimum Gasteiger partial charge on any atom is -0.370 e. The molecule has 0 unspecified atom stereocenters. The molecule has 7 nitrogen and oxygen atoms in total. The van der Waals surface area contributed by atoms with Gasteiger partial charge in [0.15, 0.2) is 5.96 Å².